The number of carbonyl (C=O) groups excluding carboxylic acids is 1. The molecule has 5 heteroatoms. The minimum absolute atomic E-state index is 0.163. The lowest BCUT2D eigenvalue weighted by Gasteiger charge is -2.16. The van der Waals surface area contributed by atoms with E-state index in [2.05, 4.69) is 0 Å². The van der Waals surface area contributed by atoms with Gasteiger partial charge in [-0.2, -0.15) is 0 Å². The zero-order valence-electron chi connectivity index (χ0n) is 8.98. The number of nitrogens with zero attached hydrogens (tertiary/aromatic N) is 1. The maximum atomic E-state index is 12.2. The van der Waals surface area contributed by atoms with Crippen molar-refractivity contribution in [2.24, 2.45) is 0 Å². The molecule has 0 unspecified atom stereocenters. The van der Waals surface area contributed by atoms with Crippen LogP contribution in [0.1, 0.15) is 10.4 Å². The van der Waals surface area contributed by atoms with Crippen LogP contribution in [0.3, 0.4) is 0 Å². The van der Waals surface area contributed by atoms with E-state index in [0.29, 0.717) is 14.2 Å². The molecular weight excluding hydrogens is 277 g/mol. The fourth-order valence-electron chi connectivity index (χ4n) is 1.44. The largest absolute Gasteiger partial charge is 0.311 e. The summed E-state index contributed by atoms with van der Waals surface area (Å²) in [6.45, 7) is 0. The zero-order valence-corrected chi connectivity index (χ0v) is 11.3. The molecule has 0 fully saturated rings. The van der Waals surface area contributed by atoms with Gasteiger partial charge in [-0.1, -0.05) is 41.4 Å². The summed E-state index contributed by atoms with van der Waals surface area (Å²) in [5.74, 6) is -0.163. The van der Waals surface area contributed by atoms with Crippen LogP contribution >= 0.6 is 34.5 Å². The molecule has 1 aromatic heterocycles. The van der Waals surface area contributed by atoms with Crippen molar-refractivity contribution in [2.75, 3.05) is 11.9 Å². The zero-order chi connectivity index (χ0) is 12.4. The van der Waals surface area contributed by atoms with Gasteiger partial charge in [0.1, 0.15) is 4.34 Å². The predicted molar refractivity (Wildman–Crippen MR) is 73.5 cm³/mol. The van der Waals surface area contributed by atoms with Gasteiger partial charge in [0.05, 0.1) is 9.90 Å². The van der Waals surface area contributed by atoms with Crippen molar-refractivity contribution in [1.82, 2.24) is 0 Å². The minimum Gasteiger partial charge on any atom is -0.311 e. The second kappa shape index (κ2) is 5.08. The van der Waals surface area contributed by atoms with Gasteiger partial charge in [-0.3, -0.25) is 4.79 Å². The molecule has 0 saturated carbocycles. The van der Waals surface area contributed by atoms with Gasteiger partial charge in [-0.15, -0.1) is 11.3 Å². The number of benzene rings is 1. The molecule has 2 aromatic rings. The van der Waals surface area contributed by atoms with E-state index >= 15 is 0 Å². The fraction of sp³-hybridized carbons (Fsp3) is 0.0833. The molecule has 0 N–H and O–H groups in total. The van der Waals surface area contributed by atoms with Crippen molar-refractivity contribution in [2.45, 2.75) is 0 Å². The number of hydrogen-bond acceptors (Lipinski definition) is 2. The highest BCUT2D eigenvalue weighted by atomic mass is 35.5. The van der Waals surface area contributed by atoms with Crippen LogP contribution in [0.15, 0.2) is 36.4 Å². The number of halogens is 2. The van der Waals surface area contributed by atoms with Gasteiger partial charge in [0.15, 0.2) is 0 Å². The molecule has 2 nitrogen and oxygen atoms in total. The summed E-state index contributed by atoms with van der Waals surface area (Å²) in [6, 6.07) is 11.0. The number of anilines is 1. The smallest absolute Gasteiger partial charge is 0.260 e. The second-order valence-electron chi connectivity index (χ2n) is 3.44. The standard InChI is InChI=1S/C12H9Cl2NOS/c1-15(8-5-3-2-4-6-8)12(16)9-7-10(13)17-11(9)14/h2-7H,1H3. The molecule has 0 aliphatic heterocycles. The average molecular weight is 286 g/mol. The molecule has 0 saturated heterocycles. The van der Waals surface area contributed by atoms with Crippen molar-refractivity contribution in [3.05, 3.63) is 50.6 Å². The summed E-state index contributed by atoms with van der Waals surface area (Å²) in [7, 11) is 1.71. The van der Waals surface area contributed by atoms with E-state index in [-0.39, 0.29) is 5.91 Å². The molecule has 2 rings (SSSR count). The van der Waals surface area contributed by atoms with E-state index in [9.17, 15) is 4.79 Å². The molecule has 0 atom stereocenters. The van der Waals surface area contributed by atoms with Crippen LogP contribution in [-0.2, 0) is 0 Å². The van der Waals surface area contributed by atoms with Gasteiger partial charge in [-0.05, 0) is 18.2 Å². The van der Waals surface area contributed by atoms with Gasteiger partial charge >= 0.3 is 0 Å². The van der Waals surface area contributed by atoms with Crippen molar-refractivity contribution in [1.29, 1.82) is 0 Å². The molecular formula is C12H9Cl2NOS. The lowest BCUT2D eigenvalue weighted by Crippen LogP contribution is -2.25. The third kappa shape index (κ3) is 2.63. The highest BCUT2D eigenvalue weighted by molar-refractivity contribution is 7.20. The van der Waals surface area contributed by atoms with E-state index < -0.39 is 0 Å². The number of para-hydroxylation sites is 1. The van der Waals surface area contributed by atoms with Gasteiger partial charge < -0.3 is 4.90 Å². The summed E-state index contributed by atoms with van der Waals surface area (Å²) in [5.41, 5.74) is 1.25. The summed E-state index contributed by atoms with van der Waals surface area (Å²) in [6.07, 6.45) is 0. The Balaban J connectivity index is 2.30. The van der Waals surface area contributed by atoms with Gasteiger partial charge in [0.25, 0.3) is 5.91 Å². The molecule has 1 amide bonds. The summed E-state index contributed by atoms with van der Waals surface area (Å²) >= 11 is 13.0. The normalized spacial score (nSPS) is 10.3. The van der Waals surface area contributed by atoms with E-state index in [4.69, 9.17) is 23.2 Å². The van der Waals surface area contributed by atoms with Crippen molar-refractivity contribution in [3.63, 3.8) is 0 Å². The van der Waals surface area contributed by atoms with Crippen LogP contribution in [0.25, 0.3) is 0 Å². The van der Waals surface area contributed by atoms with Gasteiger partial charge in [-0.25, -0.2) is 0 Å². The molecule has 0 spiro atoms. The van der Waals surface area contributed by atoms with E-state index in [0.717, 1.165) is 5.69 Å². The van der Waals surface area contributed by atoms with Crippen molar-refractivity contribution >= 4 is 46.1 Å². The Morgan fingerprint density at radius 1 is 1.24 bits per heavy atom. The second-order valence-corrected chi connectivity index (χ2v) is 5.72. The van der Waals surface area contributed by atoms with Gasteiger partial charge in [0, 0.05) is 12.7 Å². The molecule has 88 valence electrons. The Bertz CT molecular complexity index is 539. The first-order valence-electron chi connectivity index (χ1n) is 4.87. The minimum atomic E-state index is -0.163. The molecule has 0 aliphatic rings. The van der Waals surface area contributed by atoms with Crippen LogP contribution in [0.4, 0.5) is 5.69 Å². The first kappa shape index (κ1) is 12.4. The number of thiophene rings is 1. The molecule has 1 aromatic carbocycles. The Morgan fingerprint density at radius 3 is 2.41 bits per heavy atom. The fourth-order valence-corrected chi connectivity index (χ4v) is 2.88. The SMILES string of the molecule is CN(C(=O)c1cc(Cl)sc1Cl)c1ccccc1. The molecule has 17 heavy (non-hydrogen) atoms. The van der Waals surface area contributed by atoms with Crippen LogP contribution in [0.2, 0.25) is 8.67 Å². The maximum Gasteiger partial charge on any atom is 0.260 e. The van der Waals surface area contributed by atoms with Crippen molar-refractivity contribution in [3.8, 4) is 0 Å². The Morgan fingerprint density at radius 2 is 1.88 bits per heavy atom. The van der Waals surface area contributed by atoms with Crippen LogP contribution in [0.5, 0.6) is 0 Å². The van der Waals surface area contributed by atoms with Crippen LogP contribution in [0, 0.1) is 0 Å². The van der Waals surface area contributed by atoms with Crippen molar-refractivity contribution < 1.29 is 4.79 Å². The first-order valence-corrected chi connectivity index (χ1v) is 6.45. The highest BCUT2D eigenvalue weighted by Crippen LogP contribution is 2.32. The molecule has 0 aliphatic carbocycles. The Hall–Kier alpha value is -1.03. The molecule has 1 heterocycles. The number of amides is 1. The van der Waals surface area contributed by atoms with E-state index in [1.807, 2.05) is 30.3 Å². The maximum absolute atomic E-state index is 12.2. The molecule has 0 bridgehead atoms. The Kier molecular flexibility index (Phi) is 3.72. The topological polar surface area (TPSA) is 20.3 Å². The highest BCUT2D eigenvalue weighted by Gasteiger charge is 2.18. The van der Waals surface area contributed by atoms with Crippen LogP contribution in [-0.4, -0.2) is 13.0 Å². The summed E-state index contributed by atoms with van der Waals surface area (Å²) < 4.78 is 0.933. The first-order chi connectivity index (χ1) is 8.09. The number of rotatable bonds is 2. The van der Waals surface area contributed by atoms with Gasteiger partial charge in [0.2, 0.25) is 0 Å². The number of carbonyl (C=O) groups is 1. The monoisotopic (exact) mass is 285 g/mol. The Labute approximate surface area is 113 Å². The van der Waals surface area contributed by atoms with E-state index in [1.165, 1.54) is 11.3 Å². The van der Waals surface area contributed by atoms with E-state index in [1.54, 1.807) is 18.0 Å². The summed E-state index contributed by atoms with van der Waals surface area (Å²) in [5, 5.41) is 0. The third-order valence-corrected chi connectivity index (χ3v) is 3.82. The summed E-state index contributed by atoms with van der Waals surface area (Å²) in [4.78, 5) is 13.7. The average Bonchev–Trinajstić information content (AvgIpc) is 2.68. The molecule has 0 radical (unpaired) electrons. The lowest BCUT2D eigenvalue weighted by atomic mass is 10.2. The lowest BCUT2D eigenvalue weighted by molar-refractivity contribution is 0.0993. The quantitative estimate of drug-likeness (QED) is 0.804. The third-order valence-electron chi connectivity index (χ3n) is 2.34. The number of hydrogen-bond donors (Lipinski definition) is 0. The van der Waals surface area contributed by atoms with Crippen LogP contribution < -0.4 is 4.90 Å². The predicted octanol–water partition coefficient (Wildman–Crippen LogP) is 4.33.